The lowest BCUT2D eigenvalue weighted by Gasteiger charge is -2.26. The van der Waals surface area contributed by atoms with Crippen LogP contribution in [0.2, 0.25) is 0 Å². The van der Waals surface area contributed by atoms with Gasteiger partial charge in [-0.15, -0.1) is 0 Å². The van der Waals surface area contributed by atoms with Crippen molar-refractivity contribution >= 4 is 0 Å². The molecule has 0 saturated heterocycles. The second kappa shape index (κ2) is 5.40. The van der Waals surface area contributed by atoms with E-state index in [-0.39, 0.29) is 0 Å². The van der Waals surface area contributed by atoms with E-state index in [2.05, 4.69) is 26.8 Å². The van der Waals surface area contributed by atoms with Gasteiger partial charge in [0.05, 0.1) is 0 Å². The maximum Gasteiger partial charge on any atom is -0.0172 e. The maximum atomic E-state index is 2.47. The van der Waals surface area contributed by atoms with Gasteiger partial charge in [-0.05, 0) is 31.1 Å². The number of rotatable bonds is 1. The van der Waals surface area contributed by atoms with Crippen molar-refractivity contribution in [2.24, 2.45) is 5.41 Å². The van der Waals surface area contributed by atoms with E-state index in [4.69, 9.17) is 0 Å². The fraction of sp³-hybridized carbons (Fsp3) is 0.833. The summed E-state index contributed by atoms with van der Waals surface area (Å²) < 4.78 is 0. The van der Waals surface area contributed by atoms with Crippen LogP contribution in [0.3, 0.4) is 0 Å². The zero-order valence-electron chi connectivity index (χ0n) is 9.41. The molecule has 0 heteroatoms. The molecular formula is C12H24. The van der Waals surface area contributed by atoms with E-state index in [0.29, 0.717) is 5.41 Å². The second-order valence-electron chi connectivity index (χ2n) is 4.00. The van der Waals surface area contributed by atoms with E-state index >= 15 is 0 Å². The molecule has 0 aliphatic heterocycles. The third kappa shape index (κ3) is 3.94. The van der Waals surface area contributed by atoms with Crippen molar-refractivity contribution in [1.82, 2.24) is 0 Å². The highest BCUT2D eigenvalue weighted by Gasteiger charge is 2.18. The van der Waals surface area contributed by atoms with Crippen molar-refractivity contribution < 1.29 is 0 Å². The quantitative estimate of drug-likeness (QED) is 0.503. The first-order valence-electron chi connectivity index (χ1n) is 5.35. The molecule has 72 valence electrons. The van der Waals surface area contributed by atoms with Gasteiger partial charge in [0.25, 0.3) is 0 Å². The maximum absolute atomic E-state index is 2.47. The van der Waals surface area contributed by atoms with Gasteiger partial charge in [-0.25, -0.2) is 0 Å². The van der Waals surface area contributed by atoms with Crippen LogP contribution in [0, 0.1) is 5.41 Å². The van der Waals surface area contributed by atoms with Crippen LogP contribution in [0.5, 0.6) is 0 Å². The smallest absolute Gasteiger partial charge is 0.0172 e. The Morgan fingerprint density at radius 1 is 1.33 bits per heavy atom. The molecule has 0 fully saturated rings. The Labute approximate surface area is 78.1 Å². The lowest BCUT2D eigenvalue weighted by molar-refractivity contribution is 0.394. The predicted molar refractivity (Wildman–Crippen MR) is 57.4 cm³/mol. The minimum Gasteiger partial charge on any atom is -0.0797 e. The molecule has 1 aliphatic rings. The summed E-state index contributed by atoms with van der Waals surface area (Å²) in [6.07, 6.45) is 7.84. The average molecular weight is 168 g/mol. The molecule has 1 aliphatic carbocycles. The lowest BCUT2D eigenvalue weighted by Crippen LogP contribution is -2.12. The second-order valence-corrected chi connectivity index (χ2v) is 4.00. The molecule has 0 radical (unpaired) electrons. The minimum atomic E-state index is 0.490. The van der Waals surface area contributed by atoms with E-state index in [1.807, 2.05) is 13.8 Å². The molecule has 0 bridgehead atoms. The van der Waals surface area contributed by atoms with E-state index in [0.717, 1.165) is 0 Å². The molecule has 0 saturated carbocycles. The molecule has 0 aromatic rings. The van der Waals surface area contributed by atoms with Crippen LogP contribution < -0.4 is 0 Å². The van der Waals surface area contributed by atoms with E-state index in [1.54, 1.807) is 5.57 Å². The molecule has 0 heterocycles. The van der Waals surface area contributed by atoms with Crippen LogP contribution in [0.25, 0.3) is 0 Å². The van der Waals surface area contributed by atoms with Crippen LogP contribution in [-0.2, 0) is 0 Å². The van der Waals surface area contributed by atoms with Crippen LogP contribution in [0.15, 0.2) is 11.6 Å². The molecule has 0 atom stereocenters. The van der Waals surface area contributed by atoms with Gasteiger partial charge in [-0.3, -0.25) is 0 Å². The summed E-state index contributed by atoms with van der Waals surface area (Å²) in [7, 11) is 0. The molecule has 1 rings (SSSR count). The normalized spacial score (nSPS) is 20.6. The van der Waals surface area contributed by atoms with Crippen molar-refractivity contribution in [3.8, 4) is 0 Å². The van der Waals surface area contributed by atoms with E-state index in [9.17, 15) is 0 Å². The summed E-state index contributed by atoms with van der Waals surface area (Å²) in [6.45, 7) is 10.9. The SMILES string of the molecule is CC.CCC1=CC(C)(C)CCC1. The van der Waals surface area contributed by atoms with Gasteiger partial charge in [0.15, 0.2) is 0 Å². The van der Waals surface area contributed by atoms with Crippen LogP contribution in [0.4, 0.5) is 0 Å². The Hall–Kier alpha value is -0.260. The first-order valence-corrected chi connectivity index (χ1v) is 5.35. The molecule has 0 unspecified atom stereocenters. The number of allylic oxidation sites excluding steroid dienone is 2. The van der Waals surface area contributed by atoms with Gasteiger partial charge in [0, 0.05) is 0 Å². The Bertz CT molecular complexity index is 140. The summed E-state index contributed by atoms with van der Waals surface area (Å²) in [5, 5.41) is 0. The molecule has 0 nitrogen and oxygen atoms in total. The minimum absolute atomic E-state index is 0.490. The van der Waals surface area contributed by atoms with Gasteiger partial charge in [0.1, 0.15) is 0 Å². The molecule has 0 spiro atoms. The summed E-state index contributed by atoms with van der Waals surface area (Å²) >= 11 is 0. The zero-order valence-corrected chi connectivity index (χ0v) is 9.41. The first-order chi connectivity index (χ1) is 5.64. The third-order valence-corrected chi connectivity index (χ3v) is 2.37. The van der Waals surface area contributed by atoms with Gasteiger partial charge in [-0.2, -0.15) is 0 Å². The van der Waals surface area contributed by atoms with Crippen LogP contribution in [0.1, 0.15) is 60.3 Å². The summed E-state index contributed by atoms with van der Waals surface area (Å²) in [6, 6.07) is 0. The van der Waals surface area contributed by atoms with E-state index in [1.165, 1.54) is 25.7 Å². The van der Waals surface area contributed by atoms with Crippen molar-refractivity contribution in [3.05, 3.63) is 11.6 Å². The highest BCUT2D eigenvalue weighted by Crippen LogP contribution is 2.33. The highest BCUT2D eigenvalue weighted by atomic mass is 14.2. The Morgan fingerprint density at radius 3 is 2.25 bits per heavy atom. The monoisotopic (exact) mass is 168 g/mol. The molecule has 12 heavy (non-hydrogen) atoms. The molecule has 0 aromatic heterocycles. The molecule has 0 N–H and O–H groups in total. The van der Waals surface area contributed by atoms with Crippen molar-refractivity contribution in [2.45, 2.75) is 60.3 Å². The van der Waals surface area contributed by atoms with Gasteiger partial charge in [0.2, 0.25) is 0 Å². The van der Waals surface area contributed by atoms with Crippen LogP contribution >= 0.6 is 0 Å². The van der Waals surface area contributed by atoms with Crippen molar-refractivity contribution in [3.63, 3.8) is 0 Å². The topological polar surface area (TPSA) is 0 Å². The Balaban J connectivity index is 0.000000561. The van der Waals surface area contributed by atoms with Gasteiger partial charge in [-0.1, -0.05) is 46.3 Å². The van der Waals surface area contributed by atoms with Crippen molar-refractivity contribution in [2.75, 3.05) is 0 Å². The number of hydrogen-bond acceptors (Lipinski definition) is 0. The summed E-state index contributed by atoms with van der Waals surface area (Å²) in [5.74, 6) is 0. The molecule has 0 aromatic carbocycles. The lowest BCUT2D eigenvalue weighted by atomic mass is 9.79. The summed E-state index contributed by atoms with van der Waals surface area (Å²) in [5.41, 5.74) is 2.15. The molecule has 0 amide bonds. The fourth-order valence-electron chi connectivity index (χ4n) is 1.75. The van der Waals surface area contributed by atoms with E-state index < -0.39 is 0 Å². The van der Waals surface area contributed by atoms with Gasteiger partial charge >= 0.3 is 0 Å². The highest BCUT2D eigenvalue weighted by molar-refractivity contribution is 5.10. The van der Waals surface area contributed by atoms with Gasteiger partial charge < -0.3 is 0 Å². The fourth-order valence-corrected chi connectivity index (χ4v) is 1.75. The largest absolute Gasteiger partial charge is 0.0797 e. The Morgan fingerprint density at radius 2 is 1.92 bits per heavy atom. The number of hydrogen-bond donors (Lipinski definition) is 0. The Kier molecular flexibility index (Phi) is 5.28. The molecular weight excluding hydrogens is 144 g/mol. The predicted octanol–water partition coefficient (Wildman–Crippen LogP) is 4.56. The summed E-state index contributed by atoms with van der Waals surface area (Å²) in [4.78, 5) is 0. The zero-order chi connectivity index (χ0) is 9.61. The average Bonchev–Trinajstić information content (AvgIpc) is 2.06. The van der Waals surface area contributed by atoms with Crippen molar-refractivity contribution in [1.29, 1.82) is 0 Å². The third-order valence-electron chi connectivity index (χ3n) is 2.37. The van der Waals surface area contributed by atoms with Crippen LogP contribution in [-0.4, -0.2) is 0 Å². The standard InChI is InChI=1S/C10H18.C2H6/c1-4-9-6-5-7-10(2,3)8-9;1-2/h8H,4-7H2,1-3H3;1-2H3. The first kappa shape index (κ1) is 11.7.